The Balaban J connectivity index is 2.49. The number of nitriles is 1. The van der Waals surface area contributed by atoms with Crippen molar-refractivity contribution in [1.29, 1.82) is 5.26 Å². The zero-order valence-corrected chi connectivity index (χ0v) is 13.5. The second kappa shape index (κ2) is 6.15. The van der Waals surface area contributed by atoms with E-state index in [9.17, 15) is 5.26 Å². The molecule has 0 spiro atoms. The molecule has 0 atom stereocenters. The van der Waals surface area contributed by atoms with Crippen molar-refractivity contribution >= 4 is 17.6 Å². The van der Waals surface area contributed by atoms with Crippen LogP contribution in [0.25, 0.3) is 0 Å². The Morgan fingerprint density at radius 3 is 2.52 bits per heavy atom. The van der Waals surface area contributed by atoms with Gasteiger partial charge < -0.3 is 5.73 Å². The van der Waals surface area contributed by atoms with Crippen LogP contribution in [0.5, 0.6) is 0 Å². The fraction of sp³-hybridized carbons (Fsp3) is 0.312. The van der Waals surface area contributed by atoms with Gasteiger partial charge in [-0.1, -0.05) is 31.7 Å². The van der Waals surface area contributed by atoms with Crippen LogP contribution in [0, 0.1) is 25.2 Å². The lowest BCUT2D eigenvalue weighted by atomic mass is 9.98. The van der Waals surface area contributed by atoms with Crippen molar-refractivity contribution in [2.75, 3.05) is 5.73 Å². The van der Waals surface area contributed by atoms with Gasteiger partial charge in [0.15, 0.2) is 0 Å². The third-order valence-electron chi connectivity index (χ3n) is 3.22. The molecule has 1 aromatic carbocycles. The van der Waals surface area contributed by atoms with Gasteiger partial charge in [-0.25, -0.2) is 9.97 Å². The molecule has 0 fully saturated rings. The molecule has 0 saturated heterocycles. The molecule has 0 unspecified atom stereocenters. The smallest absolute Gasteiger partial charge is 0.141 e. The van der Waals surface area contributed by atoms with E-state index < -0.39 is 0 Å². The summed E-state index contributed by atoms with van der Waals surface area (Å²) in [6.07, 6.45) is 1.73. The van der Waals surface area contributed by atoms with E-state index in [0.29, 0.717) is 23.1 Å². The summed E-state index contributed by atoms with van der Waals surface area (Å²) in [5.74, 6) is 1.50. The highest BCUT2D eigenvalue weighted by Gasteiger charge is 2.13. The standard InChI is InChI=1S/C16H18N4S/c1-9(2)13-5-10(3)12(7-17)6-14(13)21-15-8-19-11(4)20-16(15)18/h5-6,8-9H,1-4H3,(H2,18,19,20). The molecule has 4 nitrogen and oxygen atoms in total. The third kappa shape index (κ3) is 3.34. The van der Waals surface area contributed by atoms with Gasteiger partial charge >= 0.3 is 0 Å². The number of benzene rings is 1. The summed E-state index contributed by atoms with van der Waals surface area (Å²) in [5.41, 5.74) is 8.85. The fourth-order valence-electron chi connectivity index (χ4n) is 2.04. The van der Waals surface area contributed by atoms with Crippen molar-refractivity contribution < 1.29 is 0 Å². The lowest BCUT2D eigenvalue weighted by molar-refractivity contribution is 0.839. The van der Waals surface area contributed by atoms with Gasteiger partial charge in [-0.2, -0.15) is 5.26 Å². The highest BCUT2D eigenvalue weighted by atomic mass is 32.2. The first-order valence-corrected chi connectivity index (χ1v) is 7.55. The molecule has 2 rings (SSSR count). The minimum Gasteiger partial charge on any atom is -0.383 e. The van der Waals surface area contributed by atoms with Gasteiger partial charge in [0.1, 0.15) is 11.6 Å². The molecule has 108 valence electrons. The van der Waals surface area contributed by atoms with Crippen LogP contribution in [-0.2, 0) is 0 Å². The number of aryl methyl sites for hydroxylation is 2. The van der Waals surface area contributed by atoms with E-state index in [1.54, 1.807) is 6.20 Å². The molecule has 0 saturated carbocycles. The van der Waals surface area contributed by atoms with Crippen LogP contribution >= 0.6 is 11.8 Å². The number of hydrogen-bond acceptors (Lipinski definition) is 5. The van der Waals surface area contributed by atoms with Crippen LogP contribution < -0.4 is 5.73 Å². The van der Waals surface area contributed by atoms with Crippen LogP contribution in [0.2, 0.25) is 0 Å². The molecule has 1 aromatic heterocycles. The molecule has 0 radical (unpaired) electrons. The van der Waals surface area contributed by atoms with E-state index in [1.165, 1.54) is 17.3 Å². The second-order valence-corrected chi connectivity index (χ2v) is 6.32. The first-order chi connectivity index (χ1) is 9.92. The molecule has 0 bridgehead atoms. The highest BCUT2D eigenvalue weighted by Crippen LogP contribution is 2.37. The molecule has 21 heavy (non-hydrogen) atoms. The van der Waals surface area contributed by atoms with Crippen LogP contribution in [-0.4, -0.2) is 9.97 Å². The maximum absolute atomic E-state index is 9.22. The Morgan fingerprint density at radius 1 is 1.24 bits per heavy atom. The van der Waals surface area contributed by atoms with E-state index in [2.05, 4.69) is 36.0 Å². The minimum atomic E-state index is 0.367. The number of nitrogen functional groups attached to an aromatic ring is 1. The Hall–Kier alpha value is -2.06. The maximum Gasteiger partial charge on any atom is 0.141 e. The lowest BCUT2D eigenvalue weighted by Crippen LogP contribution is -1.99. The Bertz CT molecular complexity index is 717. The maximum atomic E-state index is 9.22. The monoisotopic (exact) mass is 298 g/mol. The van der Waals surface area contributed by atoms with Gasteiger partial charge in [-0.15, -0.1) is 0 Å². The van der Waals surface area contributed by atoms with E-state index in [-0.39, 0.29) is 0 Å². The average Bonchev–Trinajstić information content (AvgIpc) is 2.42. The van der Waals surface area contributed by atoms with E-state index in [4.69, 9.17) is 5.73 Å². The normalized spacial score (nSPS) is 10.7. The molecule has 0 aliphatic carbocycles. The summed E-state index contributed by atoms with van der Waals surface area (Å²) >= 11 is 1.51. The highest BCUT2D eigenvalue weighted by molar-refractivity contribution is 7.99. The first-order valence-electron chi connectivity index (χ1n) is 6.74. The summed E-state index contributed by atoms with van der Waals surface area (Å²) in [4.78, 5) is 10.2. The molecule has 5 heteroatoms. The Morgan fingerprint density at radius 2 is 1.95 bits per heavy atom. The molecule has 1 heterocycles. The zero-order chi connectivity index (χ0) is 15.6. The predicted octanol–water partition coefficient (Wildman–Crippen LogP) is 3.82. The van der Waals surface area contributed by atoms with Gasteiger partial charge in [-0.05, 0) is 37.0 Å². The van der Waals surface area contributed by atoms with Gasteiger partial charge in [0, 0.05) is 11.1 Å². The number of rotatable bonds is 3. The summed E-state index contributed by atoms with van der Waals surface area (Å²) in [7, 11) is 0. The van der Waals surface area contributed by atoms with Crippen LogP contribution in [0.1, 0.15) is 42.3 Å². The zero-order valence-electron chi connectivity index (χ0n) is 12.6. The van der Waals surface area contributed by atoms with Crippen LogP contribution in [0.3, 0.4) is 0 Å². The predicted molar refractivity (Wildman–Crippen MR) is 85.3 cm³/mol. The number of nitrogens with zero attached hydrogens (tertiary/aromatic N) is 3. The van der Waals surface area contributed by atoms with Gasteiger partial charge in [0.05, 0.1) is 16.5 Å². The van der Waals surface area contributed by atoms with Gasteiger partial charge in [0.25, 0.3) is 0 Å². The molecule has 2 aromatic rings. The molecule has 0 aliphatic heterocycles. The average molecular weight is 298 g/mol. The number of aromatic nitrogens is 2. The molecule has 0 amide bonds. The van der Waals surface area contributed by atoms with Crippen LogP contribution in [0.4, 0.5) is 5.82 Å². The summed E-state index contributed by atoms with van der Waals surface area (Å²) in [6.45, 7) is 8.05. The molecular weight excluding hydrogens is 280 g/mol. The number of anilines is 1. The first kappa shape index (κ1) is 15.3. The van der Waals surface area contributed by atoms with Crippen molar-refractivity contribution in [3.05, 3.63) is 40.8 Å². The lowest BCUT2D eigenvalue weighted by Gasteiger charge is -2.15. The van der Waals surface area contributed by atoms with Gasteiger partial charge in [0.2, 0.25) is 0 Å². The molecule has 2 N–H and O–H groups in total. The largest absolute Gasteiger partial charge is 0.383 e. The summed E-state index contributed by atoms with van der Waals surface area (Å²) in [5, 5.41) is 9.22. The van der Waals surface area contributed by atoms with Crippen molar-refractivity contribution in [3.63, 3.8) is 0 Å². The minimum absolute atomic E-state index is 0.367. The van der Waals surface area contributed by atoms with Crippen molar-refractivity contribution in [3.8, 4) is 6.07 Å². The van der Waals surface area contributed by atoms with Crippen molar-refractivity contribution in [2.45, 2.75) is 43.4 Å². The summed E-state index contributed by atoms with van der Waals surface area (Å²) < 4.78 is 0. The van der Waals surface area contributed by atoms with Crippen LogP contribution in [0.15, 0.2) is 28.1 Å². The van der Waals surface area contributed by atoms with Crippen molar-refractivity contribution in [1.82, 2.24) is 9.97 Å². The quantitative estimate of drug-likeness (QED) is 0.932. The van der Waals surface area contributed by atoms with E-state index in [0.717, 1.165) is 15.4 Å². The molecule has 0 aliphatic rings. The SMILES string of the molecule is Cc1ncc(Sc2cc(C#N)c(C)cc2C(C)C)c(N)n1. The topological polar surface area (TPSA) is 75.6 Å². The Kier molecular flexibility index (Phi) is 4.49. The number of nitrogens with two attached hydrogens (primary N) is 1. The van der Waals surface area contributed by atoms with E-state index in [1.807, 2.05) is 19.9 Å². The Labute approximate surface area is 129 Å². The fourth-order valence-corrected chi connectivity index (χ4v) is 3.13. The number of hydrogen-bond donors (Lipinski definition) is 1. The van der Waals surface area contributed by atoms with Gasteiger partial charge in [-0.3, -0.25) is 0 Å². The van der Waals surface area contributed by atoms with E-state index >= 15 is 0 Å². The molecular formula is C16H18N4S. The second-order valence-electron chi connectivity index (χ2n) is 5.24. The third-order valence-corrected chi connectivity index (χ3v) is 4.33. The van der Waals surface area contributed by atoms with Crippen molar-refractivity contribution in [2.24, 2.45) is 0 Å². The summed E-state index contributed by atoms with van der Waals surface area (Å²) in [6, 6.07) is 6.24.